The molecular weight excluding hydrogens is 242 g/mol. The average Bonchev–Trinajstić information content (AvgIpc) is 2.44. The maximum Gasteiger partial charge on any atom is 0.326 e. The quantitative estimate of drug-likeness (QED) is 0.826. The number of nitrogens with zero attached hydrogens (tertiary/aromatic N) is 1. The van der Waals surface area contributed by atoms with Crippen LogP contribution in [0.25, 0.3) is 0 Å². The lowest BCUT2D eigenvalue weighted by atomic mass is 9.93. The molecule has 0 saturated carbocycles. The molecule has 1 amide bonds. The Morgan fingerprint density at radius 1 is 1.32 bits per heavy atom. The number of rotatable bonds is 2. The lowest BCUT2D eigenvalue weighted by Crippen LogP contribution is -2.48. The zero-order chi connectivity index (χ0) is 14.0. The predicted molar refractivity (Wildman–Crippen MR) is 71.6 cm³/mol. The first kappa shape index (κ1) is 13.3. The second kappa shape index (κ2) is 5.26. The number of aliphatic carboxylic acids is 1. The largest absolute Gasteiger partial charge is 0.480 e. The highest BCUT2D eigenvalue weighted by atomic mass is 16.4. The van der Waals surface area contributed by atoms with Gasteiger partial charge in [0, 0.05) is 18.5 Å². The summed E-state index contributed by atoms with van der Waals surface area (Å²) in [6.07, 6.45) is 2.08. The Balaban J connectivity index is 2.37. The van der Waals surface area contributed by atoms with Gasteiger partial charge in [0.25, 0.3) is 0 Å². The maximum absolute atomic E-state index is 12.2. The van der Waals surface area contributed by atoms with Crippen molar-refractivity contribution in [3.63, 3.8) is 0 Å². The van der Waals surface area contributed by atoms with Crippen LogP contribution in [0.1, 0.15) is 25.0 Å². The van der Waals surface area contributed by atoms with Gasteiger partial charge in [-0.2, -0.15) is 0 Å². The molecule has 0 spiro atoms. The smallest absolute Gasteiger partial charge is 0.326 e. The van der Waals surface area contributed by atoms with Crippen LogP contribution in [0.15, 0.2) is 35.9 Å². The molecule has 0 aliphatic carbocycles. The highest BCUT2D eigenvalue weighted by Crippen LogP contribution is 2.24. The van der Waals surface area contributed by atoms with Crippen LogP contribution in [-0.4, -0.2) is 27.9 Å². The van der Waals surface area contributed by atoms with Crippen molar-refractivity contribution in [3.05, 3.63) is 47.0 Å². The summed E-state index contributed by atoms with van der Waals surface area (Å²) in [5, 5.41) is 9.32. The van der Waals surface area contributed by atoms with Crippen LogP contribution < -0.4 is 0 Å². The molecule has 1 unspecified atom stereocenters. The predicted octanol–water partition coefficient (Wildman–Crippen LogP) is 1.99. The second-order valence-corrected chi connectivity index (χ2v) is 4.73. The summed E-state index contributed by atoms with van der Waals surface area (Å²) in [4.78, 5) is 25.1. The third-order valence-corrected chi connectivity index (χ3v) is 3.56. The van der Waals surface area contributed by atoms with E-state index in [1.54, 1.807) is 19.9 Å². The Kier molecular flexibility index (Phi) is 3.69. The zero-order valence-corrected chi connectivity index (χ0v) is 11.1. The van der Waals surface area contributed by atoms with Gasteiger partial charge in [-0.05, 0) is 25.0 Å². The first-order valence-corrected chi connectivity index (χ1v) is 6.28. The Labute approximate surface area is 112 Å². The van der Waals surface area contributed by atoms with Gasteiger partial charge in [0.05, 0.1) is 0 Å². The minimum absolute atomic E-state index is 0.204. The standard InChI is InChI=1S/C15H17NO3/c1-3-10(2)14(17)16-9-12-7-5-4-6-11(12)8-13(16)15(18)19/h3-7,13H,8-9H2,1-2H3,(H,18,19)/b10-3-. The van der Waals surface area contributed by atoms with Crippen molar-refractivity contribution < 1.29 is 14.7 Å². The molecule has 19 heavy (non-hydrogen) atoms. The molecule has 0 aromatic heterocycles. The van der Waals surface area contributed by atoms with E-state index in [1.165, 1.54) is 4.90 Å². The van der Waals surface area contributed by atoms with Crippen LogP contribution >= 0.6 is 0 Å². The molecule has 1 aromatic rings. The van der Waals surface area contributed by atoms with Gasteiger partial charge < -0.3 is 10.0 Å². The summed E-state index contributed by atoms with van der Waals surface area (Å²) < 4.78 is 0. The van der Waals surface area contributed by atoms with Gasteiger partial charge in [-0.15, -0.1) is 0 Å². The first-order valence-electron chi connectivity index (χ1n) is 6.28. The molecule has 1 atom stereocenters. The molecule has 0 saturated heterocycles. The Hall–Kier alpha value is -2.10. The molecular formula is C15H17NO3. The normalized spacial score (nSPS) is 18.9. The zero-order valence-electron chi connectivity index (χ0n) is 11.1. The second-order valence-electron chi connectivity index (χ2n) is 4.73. The molecule has 100 valence electrons. The Morgan fingerprint density at radius 2 is 1.95 bits per heavy atom. The van der Waals surface area contributed by atoms with Gasteiger partial charge in [-0.3, -0.25) is 4.79 Å². The number of hydrogen-bond donors (Lipinski definition) is 1. The minimum Gasteiger partial charge on any atom is -0.480 e. The molecule has 1 aromatic carbocycles. The maximum atomic E-state index is 12.2. The number of carboxylic acids is 1. The van der Waals surface area contributed by atoms with E-state index in [2.05, 4.69) is 0 Å². The summed E-state index contributed by atoms with van der Waals surface area (Å²) in [7, 11) is 0. The van der Waals surface area contributed by atoms with E-state index in [4.69, 9.17) is 0 Å². The molecule has 0 bridgehead atoms. The minimum atomic E-state index is -0.952. The van der Waals surface area contributed by atoms with Gasteiger partial charge >= 0.3 is 5.97 Å². The van der Waals surface area contributed by atoms with E-state index < -0.39 is 12.0 Å². The highest BCUT2D eigenvalue weighted by molar-refractivity contribution is 5.95. The molecule has 1 aliphatic rings. The SMILES string of the molecule is C/C=C(/C)C(=O)N1Cc2ccccc2CC1C(=O)O. The monoisotopic (exact) mass is 259 g/mol. The lowest BCUT2D eigenvalue weighted by Gasteiger charge is -2.34. The summed E-state index contributed by atoms with van der Waals surface area (Å²) in [5.41, 5.74) is 2.61. The number of benzene rings is 1. The van der Waals surface area contributed by atoms with Crippen LogP contribution in [0.4, 0.5) is 0 Å². The molecule has 1 N–H and O–H groups in total. The van der Waals surface area contributed by atoms with E-state index in [1.807, 2.05) is 24.3 Å². The number of carboxylic acid groups (broad SMARTS) is 1. The van der Waals surface area contributed by atoms with Crippen molar-refractivity contribution in [2.75, 3.05) is 0 Å². The molecule has 1 heterocycles. The van der Waals surface area contributed by atoms with Crippen molar-refractivity contribution in [1.29, 1.82) is 0 Å². The lowest BCUT2D eigenvalue weighted by molar-refractivity contribution is -0.149. The highest BCUT2D eigenvalue weighted by Gasteiger charge is 2.34. The van der Waals surface area contributed by atoms with Crippen LogP contribution in [0.3, 0.4) is 0 Å². The topological polar surface area (TPSA) is 57.6 Å². The third-order valence-electron chi connectivity index (χ3n) is 3.56. The van der Waals surface area contributed by atoms with Gasteiger partial charge in [0.1, 0.15) is 6.04 Å². The van der Waals surface area contributed by atoms with Gasteiger partial charge in [-0.25, -0.2) is 4.79 Å². The van der Waals surface area contributed by atoms with Gasteiger partial charge in [0.15, 0.2) is 0 Å². The van der Waals surface area contributed by atoms with Crippen LogP contribution in [0.2, 0.25) is 0 Å². The van der Waals surface area contributed by atoms with E-state index in [0.29, 0.717) is 18.5 Å². The summed E-state index contributed by atoms with van der Waals surface area (Å²) >= 11 is 0. The van der Waals surface area contributed by atoms with Gasteiger partial charge in [0.2, 0.25) is 5.91 Å². The number of hydrogen-bond acceptors (Lipinski definition) is 2. The number of allylic oxidation sites excluding steroid dienone is 1. The van der Waals surface area contributed by atoms with Crippen LogP contribution in [-0.2, 0) is 22.6 Å². The molecule has 4 heteroatoms. The van der Waals surface area contributed by atoms with Crippen molar-refractivity contribution in [2.45, 2.75) is 32.9 Å². The summed E-state index contributed by atoms with van der Waals surface area (Å²) in [5.74, 6) is -1.16. The van der Waals surface area contributed by atoms with Crippen molar-refractivity contribution in [2.24, 2.45) is 0 Å². The molecule has 0 fully saturated rings. The molecule has 4 nitrogen and oxygen atoms in total. The molecule has 0 radical (unpaired) electrons. The Morgan fingerprint density at radius 3 is 2.53 bits per heavy atom. The van der Waals surface area contributed by atoms with Crippen LogP contribution in [0.5, 0.6) is 0 Å². The molecule has 1 aliphatic heterocycles. The van der Waals surface area contributed by atoms with Crippen molar-refractivity contribution in [3.8, 4) is 0 Å². The van der Waals surface area contributed by atoms with E-state index >= 15 is 0 Å². The summed E-state index contributed by atoms with van der Waals surface area (Å²) in [6.45, 7) is 3.85. The fraction of sp³-hybridized carbons (Fsp3) is 0.333. The Bertz CT molecular complexity index is 548. The van der Waals surface area contributed by atoms with E-state index in [0.717, 1.165) is 11.1 Å². The first-order chi connectivity index (χ1) is 9.04. The number of fused-ring (bicyclic) bond motifs is 1. The summed E-state index contributed by atoms with van der Waals surface area (Å²) in [6, 6.07) is 6.89. The van der Waals surface area contributed by atoms with Crippen molar-refractivity contribution in [1.82, 2.24) is 4.90 Å². The third kappa shape index (κ3) is 2.52. The molecule has 2 rings (SSSR count). The fourth-order valence-electron chi connectivity index (χ4n) is 2.31. The van der Waals surface area contributed by atoms with Gasteiger partial charge in [-0.1, -0.05) is 30.3 Å². The number of carbonyl (C=O) groups excluding carboxylic acids is 1. The number of amides is 1. The average molecular weight is 259 g/mol. The number of carbonyl (C=O) groups is 2. The van der Waals surface area contributed by atoms with Crippen molar-refractivity contribution >= 4 is 11.9 Å². The fourth-order valence-corrected chi connectivity index (χ4v) is 2.31. The van der Waals surface area contributed by atoms with E-state index in [-0.39, 0.29) is 5.91 Å². The van der Waals surface area contributed by atoms with Crippen LogP contribution in [0, 0.1) is 0 Å². The van der Waals surface area contributed by atoms with E-state index in [9.17, 15) is 14.7 Å².